The summed E-state index contributed by atoms with van der Waals surface area (Å²) in [5.41, 5.74) is 1.68. The molecule has 3 aliphatic rings. The summed E-state index contributed by atoms with van der Waals surface area (Å²) in [6.07, 6.45) is 3.39. The van der Waals surface area contributed by atoms with Crippen LogP contribution in [0.4, 0.5) is 14.9 Å². The van der Waals surface area contributed by atoms with Crippen molar-refractivity contribution in [3.05, 3.63) is 65.2 Å². The first-order valence-electron chi connectivity index (χ1n) is 15.7. The Bertz CT molecular complexity index is 1620. The quantitative estimate of drug-likeness (QED) is 0.311. The van der Waals surface area contributed by atoms with Gasteiger partial charge in [-0.05, 0) is 89.4 Å². The fourth-order valence-electron chi connectivity index (χ4n) is 6.41. The minimum absolute atomic E-state index is 0.0865. The van der Waals surface area contributed by atoms with Crippen LogP contribution in [0.3, 0.4) is 0 Å². The second kappa shape index (κ2) is 12.6. The minimum atomic E-state index is -0.604. The predicted octanol–water partition coefficient (Wildman–Crippen LogP) is 6.12. The maximum absolute atomic E-state index is 13.8. The van der Waals surface area contributed by atoms with Gasteiger partial charge in [0.2, 0.25) is 5.88 Å². The summed E-state index contributed by atoms with van der Waals surface area (Å²) in [6, 6.07) is 11.4. The lowest BCUT2D eigenvalue weighted by Gasteiger charge is -2.59. The number of aromatic nitrogens is 2. The van der Waals surface area contributed by atoms with Crippen LogP contribution >= 0.6 is 11.6 Å². The summed E-state index contributed by atoms with van der Waals surface area (Å²) in [5.74, 6) is 0.0804. The Balaban J connectivity index is 1.16. The minimum Gasteiger partial charge on any atom is -0.488 e. The Morgan fingerprint density at radius 3 is 2.65 bits per heavy atom. The molecule has 1 spiro atoms. The van der Waals surface area contributed by atoms with Crippen LogP contribution in [0.1, 0.15) is 57.4 Å². The highest BCUT2D eigenvalue weighted by Gasteiger charge is 2.54. The highest BCUT2D eigenvalue weighted by atomic mass is 35.5. The Morgan fingerprint density at radius 2 is 1.93 bits per heavy atom. The van der Waals surface area contributed by atoms with Gasteiger partial charge in [-0.25, -0.2) is 19.2 Å². The normalized spacial score (nSPS) is 19.0. The standard InChI is InChI=1S/C34H39ClFN5O5/c1-5-44-31-24(7-6-13-37-31)26-9-11-28(29(39-26)30(42)38-22-12-14-40(18-22)32(43)46-33(2,3)4)45-23-16-34(17-23)19-41(20-34)27-10-8-21(36)15-25(27)35/h6-11,13,15,22-23H,5,12,14,16-20H2,1-4H3,(H,38,42). The van der Waals surface area contributed by atoms with Crippen LogP contribution in [0.2, 0.25) is 5.02 Å². The van der Waals surface area contributed by atoms with E-state index in [1.54, 1.807) is 29.3 Å². The fraction of sp³-hybridized carbons (Fsp3) is 0.471. The van der Waals surface area contributed by atoms with Gasteiger partial charge in [0.15, 0.2) is 11.4 Å². The smallest absolute Gasteiger partial charge is 0.410 e. The van der Waals surface area contributed by atoms with Gasteiger partial charge in [0.25, 0.3) is 5.91 Å². The predicted molar refractivity (Wildman–Crippen MR) is 172 cm³/mol. The van der Waals surface area contributed by atoms with Crippen molar-refractivity contribution in [1.29, 1.82) is 0 Å². The molecule has 1 aromatic carbocycles. The van der Waals surface area contributed by atoms with E-state index in [4.69, 9.17) is 30.8 Å². The molecule has 0 bridgehead atoms. The fourth-order valence-corrected chi connectivity index (χ4v) is 6.70. The van der Waals surface area contributed by atoms with E-state index >= 15 is 0 Å². The maximum atomic E-state index is 13.8. The summed E-state index contributed by atoms with van der Waals surface area (Å²) >= 11 is 6.28. The zero-order valence-corrected chi connectivity index (χ0v) is 27.3. The molecule has 3 fully saturated rings. The van der Waals surface area contributed by atoms with Gasteiger partial charge in [-0.2, -0.15) is 0 Å². The number of anilines is 1. The van der Waals surface area contributed by atoms with Crippen molar-refractivity contribution < 1.29 is 28.2 Å². The third-order valence-electron chi connectivity index (χ3n) is 8.49. The van der Waals surface area contributed by atoms with Crippen LogP contribution in [0, 0.1) is 11.2 Å². The Morgan fingerprint density at radius 1 is 1.15 bits per heavy atom. The monoisotopic (exact) mass is 651 g/mol. The van der Waals surface area contributed by atoms with Gasteiger partial charge in [0.1, 0.15) is 17.5 Å². The number of ether oxygens (including phenoxy) is 3. The van der Waals surface area contributed by atoms with E-state index in [0.717, 1.165) is 31.6 Å². The van der Waals surface area contributed by atoms with Gasteiger partial charge in [-0.15, -0.1) is 0 Å². The molecular weight excluding hydrogens is 613 g/mol. The molecule has 12 heteroatoms. The molecule has 2 aliphatic heterocycles. The van der Waals surface area contributed by atoms with Gasteiger partial charge in [-0.3, -0.25) is 4.79 Å². The second-order valence-electron chi connectivity index (χ2n) is 13.3. The SMILES string of the molecule is CCOc1ncccc1-c1ccc(OC2CC3(C2)CN(c2ccc(F)cc2Cl)C3)c(C(=O)NC2CCN(C(=O)OC(C)(C)C)C2)n1. The second-order valence-corrected chi connectivity index (χ2v) is 13.7. The molecule has 1 aliphatic carbocycles. The van der Waals surface area contributed by atoms with Crippen molar-refractivity contribution in [3.8, 4) is 22.9 Å². The number of rotatable bonds is 8. The van der Waals surface area contributed by atoms with Crippen molar-refractivity contribution in [1.82, 2.24) is 20.2 Å². The van der Waals surface area contributed by atoms with Gasteiger partial charge < -0.3 is 29.3 Å². The van der Waals surface area contributed by atoms with Crippen LogP contribution in [0.15, 0.2) is 48.7 Å². The Hall–Kier alpha value is -4.12. The molecule has 46 heavy (non-hydrogen) atoms. The molecule has 10 nitrogen and oxygen atoms in total. The van der Waals surface area contributed by atoms with Gasteiger partial charge in [0, 0.05) is 43.8 Å². The van der Waals surface area contributed by atoms with E-state index < -0.39 is 11.7 Å². The number of benzene rings is 1. The average molecular weight is 652 g/mol. The van der Waals surface area contributed by atoms with E-state index in [2.05, 4.69) is 15.2 Å². The molecule has 2 amide bonds. The lowest BCUT2D eigenvalue weighted by Crippen LogP contribution is -2.65. The van der Waals surface area contributed by atoms with Crippen molar-refractivity contribution in [2.75, 3.05) is 37.7 Å². The largest absolute Gasteiger partial charge is 0.488 e. The van der Waals surface area contributed by atoms with Crippen LogP contribution < -0.4 is 19.7 Å². The van der Waals surface area contributed by atoms with E-state index in [1.165, 1.54) is 12.1 Å². The Kier molecular flexibility index (Phi) is 8.71. The number of nitrogens with one attached hydrogen (secondary N) is 1. The van der Waals surface area contributed by atoms with Gasteiger partial charge >= 0.3 is 6.09 Å². The summed E-state index contributed by atoms with van der Waals surface area (Å²) in [5, 5.41) is 3.46. The molecule has 1 unspecified atom stereocenters. The lowest BCUT2D eigenvalue weighted by atomic mass is 9.61. The first kappa shape index (κ1) is 31.8. The lowest BCUT2D eigenvalue weighted by molar-refractivity contribution is -0.0344. The van der Waals surface area contributed by atoms with Crippen LogP contribution in [0.5, 0.6) is 11.6 Å². The molecule has 0 radical (unpaired) electrons. The van der Waals surface area contributed by atoms with Crippen molar-refractivity contribution in [2.24, 2.45) is 5.41 Å². The molecule has 4 heterocycles. The number of carbonyl (C=O) groups is 2. The number of carbonyl (C=O) groups excluding carboxylic acids is 2. The molecule has 244 valence electrons. The molecule has 1 N–H and O–H groups in total. The summed E-state index contributed by atoms with van der Waals surface area (Å²) in [6.45, 7) is 10.2. The molecule has 2 aromatic heterocycles. The first-order chi connectivity index (χ1) is 21.9. The highest BCUT2D eigenvalue weighted by Crippen LogP contribution is 2.52. The van der Waals surface area contributed by atoms with Crippen LogP contribution in [-0.4, -0.2) is 77.4 Å². The van der Waals surface area contributed by atoms with Gasteiger partial charge in [0.05, 0.1) is 28.6 Å². The zero-order valence-electron chi connectivity index (χ0n) is 26.5. The summed E-state index contributed by atoms with van der Waals surface area (Å²) < 4.78 is 31.2. The van der Waals surface area contributed by atoms with E-state index in [-0.39, 0.29) is 35.0 Å². The van der Waals surface area contributed by atoms with E-state index in [1.807, 2.05) is 39.8 Å². The van der Waals surface area contributed by atoms with Crippen molar-refractivity contribution in [3.63, 3.8) is 0 Å². The number of nitrogens with zero attached hydrogens (tertiary/aromatic N) is 4. The van der Waals surface area contributed by atoms with Crippen LogP contribution in [-0.2, 0) is 4.74 Å². The van der Waals surface area contributed by atoms with Crippen molar-refractivity contribution in [2.45, 2.75) is 64.7 Å². The summed E-state index contributed by atoms with van der Waals surface area (Å²) in [4.78, 5) is 39.2. The average Bonchev–Trinajstić information content (AvgIpc) is 3.42. The highest BCUT2D eigenvalue weighted by molar-refractivity contribution is 6.33. The topological polar surface area (TPSA) is 106 Å². The molecule has 1 atom stereocenters. The number of hydrogen-bond donors (Lipinski definition) is 1. The Labute approximate surface area is 273 Å². The number of likely N-dealkylation sites (tertiary alicyclic amines) is 1. The number of pyridine rings is 2. The molecular formula is C34H39ClFN5O5. The maximum Gasteiger partial charge on any atom is 0.410 e. The number of amides is 2. The number of hydrogen-bond acceptors (Lipinski definition) is 8. The summed E-state index contributed by atoms with van der Waals surface area (Å²) in [7, 11) is 0. The molecule has 1 saturated carbocycles. The number of halogens is 2. The molecule has 2 saturated heterocycles. The zero-order chi connectivity index (χ0) is 32.6. The third kappa shape index (κ3) is 6.84. The first-order valence-corrected chi connectivity index (χ1v) is 16.0. The third-order valence-corrected chi connectivity index (χ3v) is 8.80. The van der Waals surface area contributed by atoms with E-state index in [9.17, 15) is 14.0 Å². The van der Waals surface area contributed by atoms with Gasteiger partial charge in [-0.1, -0.05) is 11.6 Å². The molecule has 3 aromatic rings. The van der Waals surface area contributed by atoms with Crippen molar-refractivity contribution >= 4 is 29.3 Å². The molecule has 6 rings (SSSR count). The van der Waals surface area contributed by atoms with Crippen LogP contribution in [0.25, 0.3) is 11.3 Å². The van der Waals surface area contributed by atoms with E-state index in [0.29, 0.717) is 54.0 Å².